The SMILES string of the molecule is CCc1ccc(C(=O)NNC(=O)c2cc(OCC(F)(F)F)ccc2[N+](=O)[O-])cc1. The van der Waals surface area contributed by atoms with Crippen molar-refractivity contribution in [3.63, 3.8) is 0 Å². The minimum atomic E-state index is -4.62. The Labute approximate surface area is 162 Å². The Morgan fingerprint density at radius 3 is 2.24 bits per heavy atom. The first kappa shape index (κ1) is 21.7. The van der Waals surface area contributed by atoms with Gasteiger partial charge in [0.2, 0.25) is 0 Å². The zero-order chi connectivity index (χ0) is 21.6. The van der Waals surface area contributed by atoms with E-state index in [1.807, 2.05) is 12.3 Å². The molecule has 0 saturated carbocycles. The minimum absolute atomic E-state index is 0.235. The normalized spacial score (nSPS) is 10.9. The molecule has 0 aliphatic heterocycles. The van der Waals surface area contributed by atoms with Crippen LogP contribution >= 0.6 is 0 Å². The summed E-state index contributed by atoms with van der Waals surface area (Å²) in [5, 5.41) is 11.1. The number of aryl methyl sites for hydroxylation is 1. The van der Waals surface area contributed by atoms with Gasteiger partial charge < -0.3 is 4.74 Å². The molecule has 0 unspecified atom stereocenters. The molecule has 154 valence electrons. The number of alkyl halides is 3. The third kappa shape index (κ3) is 6.19. The second kappa shape index (κ2) is 9.04. The molecular weight excluding hydrogens is 395 g/mol. The molecule has 2 rings (SSSR count). The van der Waals surface area contributed by atoms with Gasteiger partial charge in [0.1, 0.15) is 11.3 Å². The Morgan fingerprint density at radius 2 is 1.69 bits per heavy atom. The monoisotopic (exact) mass is 411 g/mol. The van der Waals surface area contributed by atoms with Gasteiger partial charge in [-0.25, -0.2) is 0 Å². The Hall–Kier alpha value is -3.63. The molecule has 2 aromatic rings. The predicted molar refractivity (Wildman–Crippen MR) is 95.4 cm³/mol. The maximum absolute atomic E-state index is 12.3. The van der Waals surface area contributed by atoms with Crippen LogP contribution in [0.1, 0.15) is 33.2 Å². The summed E-state index contributed by atoms with van der Waals surface area (Å²) >= 11 is 0. The van der Waals surface area contributed by atoms with E-state index >= 15 is 0 Å². The Kier molecular flexibility index (Phi) is 6.75. The van der Waals surface area contributed by atoms with Crippen molar-refractivity contribution >= 4 is 17.5 Å². The summed E-state index contributed by atoms with van der Waals surface area (Å²) in [6.07, 6.45) is -3.85. The van der Waals surface area contributed by atoms with Crippen molar-refractivity contribution in [1.82, 2.24) is 10.9 Å². The van der Waals surface area contributed by atoms with E-state index in [4.69, 9.17) is 0 Å². The lowest BCUT2D eigenvalue weighted by molar-refractivity contribution is -0.385. The highest BCUT2D eigenvalue weighted by molar-refractivity contribution is 6.01. The van der Waals surface area contributed by atoms with Crippen molar-refractivity contribution in [3.05, 3.63) is 69.3 Å². The summed E-state index contributed by atoms with van der Waals surface area (Å²) < 4.78 is 41.3. The van der Waals surface area contributed by atoms with E-state index in [0.29, 0.717) is 0 Å². The van der Waals surface area contributed by atoms with Crippen molar-refractivity contribution in [1.29, 1.82) is 0 Å². The van der Waals surface area contributed by atoms with Crippen LogP contribution in [0.15, 0.2) is 42.5 Å². The molecule has 0 atom stereocenters. The molecule has 2 amide bonds. The Bertz CT molecular complexity index is 914. The largest absolute Gasteiger partial charge is 0.484 e. The van der Waals surface area contributed by atoms with E-state index in [-0.39, 0.29) is 11.3 Å². The molecule has 0 saturated heterocycles. The van der Waals surface area contributed by atoms with Crippen LogP contribution in [-0.4, -0.2) is 29.5 Å². The maximum atomic E-state index is 12.3. The van der Waals surface area contributed by atoms with E-state index < -0.39 is 40.8 Å². The highest BCUT2D eigenvalue weighted by atomic mass is 19.4. The van der Waals surface area contributed by atoms with Gasteiger partial charge in [0.25, 0.3) is 17.5 Å². The molecule has 0 spiro atoms. The van der Waals surface area contributed by atoms with E-state index in [9.17, 15) is 32.9 Å². The number of halogens is 3. The summed E-state index contributed by atoms with van der Waals surface area (Å²) in [6.45, 7) is 0.311. The molecule has 2 N–H and O–H groups in total. The quantitative estimate of drug-likeness (QED) is 0.560. The van der Waals surface area contributed by atoms with Crippen LogP contribution in [0.5, 0.6) is 5.75 Å². The van der Waals surface area contributed by atoms with Gasteiger partial charge in [-0.2, -0.15) is 13.2 Å². The number of hydrogen-bond acceptors (Lipinski definition) is 5. The number of nitro benzene ring substituents is 1. The van der Waals surface area contributed by atoms with Crippen LogP contribution in [0.2, 0.25) is 0 Å². The van der Waals surface area contributed by atoms with Crippen LogP contribution in [0, 0.1) is 10.1 Å². The van der Waals surface area contributed by atoms with Crippen LogP contribution in [0.3, 0.4) is 0 Å². The summed E-state index contributed by atoms with van der Waals surface area (Å²) in [6, 6.07) is 9.09. The molecular formula is C18H16F3N3O5. The number of benzene rings is 2. The number of amides is 2. The molecule has 8 nitrogen and oxygen atoms in total. The van der Waals surface area contributed by atoms with Gasteiger partial charge in [-0.15, -0.1) is 0 Å². The molecule has 2 aromatic carbocycles. The topological polar surface area (TPSA) is 111 Å². The molecule has 0 aliphatic carbocycles. The van der Waals surface area contributed by atoms with Crippen molar-refractivity contribution in [3.8, 4) is 5.75 Å². The number of carbonyl (C=O) groups is 2. The van der Waals surface area contributed by atoms with Crippen LogP contribution in [0.4, 0.5) is 18.9 Å². The van der Waals surface area contributed by atoms with Gasteiger partial charge in [-0.3, -0.25) is 30.6 Å². The van der Waals surface area contributed by atoms with Crippen molar-refractivity contribution in [2.45, 2.75) is 19.5 Å². The first-order chi connectivity index (χ1) is 13.6. The zero-order valence-corrected chi connectivity index (χ0v) is 15.1. The average molecular weight is 411 g/mol. The third-order valence-corrected chi connectivity index (χ3v) is 3.73. The molecule has 0 aliphatic rings. The number of hydrogen-bond donors (Lipinski definition) is 2. The molecule has 0 fully saturated rings. The lowest BCUT2D eigenvalue weighted by Crippen LogP contribution is -2.41. The number of nitrogens with zero attached hydrogens (tertiary/aromatic N) is 1. The van der Waals surface area contributed by atoms with Gasteiger partial charge in [-0.05, 0) is 36.2 Å². The predicted octanol–water partition coefficient (Wildman–Crippen LogP) is 3.17. The molecule has 0 radical (unpaired) electrons. The second-order valence-corrected chi connectivity index (χ2v) is 5.80. The first-order valence-electron chi connectivity index (χ1n) is 8.28. The van der Waals surface area contributed by atoms with Gasteiger partial charge in [0.15, 0.2) is 6.61 Å². The summed E-state index contributed by atoms with van der Waals surface area (Å²) in [7, 11) is 0. The number of ether oxygens (including phenoxy) is 1. The fourth-order valence-corrected chi connectivity index (χ4v) is 2.26. The fraction of sp³-hybridized carbons (Fsp3) is 0.222. The van der Waals surface area contributed by atoms with Gasteiger partial charge >= 0.3 is 6.18 Å². The first-order valence-corrected chi connectivity index (χ1v) is 8.28. The standard InChI is InChI=1S/C18H16F3N3O5/c1-2-11-3-5-12(6-4-11)16(25)22-23-17(26)14-9-13(29-10-18(19,20)21)7-8-15(14)24(27)28/h3-9H,2,10H2,1H3,(H,22,25)(H,23,26). The van der Waals surface area contributed by atoms with Gasteiger partial charge in [0.05, 0.1) is 4.92 Å². The van der Waals surface area contributed by atoms with Gasteiger partial charge in [0, 0.05) is 11.6 Å². The minimum Gasteiger partial charge on any atom is -0.484 e. The summed E-state index contributed by atoms with van der Waals surface area (Å²) in [4.78, 5) is 34.5. The highest BCUT2D eigenvalue weighted by Crippen LogP contribution is 2.25. The van der Waals surface area contributed by atoms with Gasteiger partial charge in [-0.1, -0.05) is 19.1 Å². The van der Waals surface area contributed by atoms with Crippen molar-refractivity contribution < 1.29 is 32.4 Å². The number of nitrogens with one attached hydrogen (secondary N) is 2. The second-order valence-electron chi connectivity index (χ2n) is 5.80. The number of nitro groups is 1. The third-order valence-electron chi connectivity index (χ3n) is 3.73. The average Bonchev–Trinajstić information content (AvgIpc) is 2.69. The van der Waals surface area contributed by atoms with E-state index in [1.54, 1.807) is 12.1 Å². The summed E-state index contributed by atoms with van der Waals surface area (Å²) in [5.74, 6) is -2.15. The fourth-order valence-electron chi connectivity index (χ4n) is 2.26. The summed E-state index contributed by atoms with van der Waals surface area (Å²) in [5.41, 5.74) is 4.09. The highest BCUT2D eigenvalue weighted by Gasteiger charge is 2.29. The number of carbonyl (C=O) groups excluding carboxylic acids is 2. The van der Waals surface area contributed by atoms with Crippen LogP contribution < -0.4 is 15.6 Å². The maximum Gasteiger partial charge on any atom is 0.422 e. The molecule has 29 heavy (non-hydrogen) atoms. The van der Waals surface area contributed by atoms with Crippen LogP contribution in [-0.2, 0) is 6.42 Å². The molecule has 0 heterocycles. The Balaban J connectivity index is 2.12. The molecule has 11 heteroatoms. The number of rotatable bonds is 6. The molecule has 0 aromatic heterocycles. The lowest BCUT2D eigenvalue weighted by Gasteiger charge is -2.11. The zero-order valence-electron chi connectivity index (χ0n) is 15.1. The van der Waals surface area contributed by atoms with E-state index in [2.05, 4.69) is 10.2 Å². The van der Waals surface area contributed by atoms with Crippen LogP contribution in [0.25, 0.3) is 0 Å². The van der Waals surface area contributed by atoms with E-state index in [0.717, 1.165) is 30.2 Å². The number of hydrazine groups is 1. The Morgan fingerprint density at radius 1 is 1.07 bits per heavy atom. The smallest absolute Gasteiger partial charge is 0.422 e. The van der Waals surface area contributed by atoms with Crippen molar-refractivity contribution in [2.75, 3.05) is 6.61 Å². The lowest BCUT2D eigenvalue weighted by atomic mass is 10.1. The van der Waals surface area contributed by atoms with Crippen molar-refractivity contribution in [2.24, 2.45) is 0 Å². The molecule has 0 bridgehead atoms. The van der Waals surface area contributed by atoms with E-state index in [1.165, 1.54) is 12.1 Å².